The molecular formula is C20H19FN2O3. The Morgan fingerprint density at radius 3 is 2.92 bits per heavy atom. The third kappa shape index (κ3) is 2.81. The van der Waals surface area contributed by atoms with Gasteiger partial charge in [0.15, 0.2) is 0 Å². The van der Waals surface area contributed by atoms with Crippen LogP contribution in [0.15, 0.2) is 36.4 Å². The maximum Gasteiger partial charge on any atom is 0.235 e. The highest BCUT2D eigenvalue weighted by molar-refractivity contribution is 6.06. The lowest BCUT2D eigenvalue weighted by Gasteiger charge is -2.34. The van der Waals surface area contributed by atoms with Gasteiger partial charge < -0.3 is 15.0 Å². The van der Waals surface area contributed by atoms with Crippen LogP contribution in [-0.4, -0.2) is 25.5 Å². The van der Waals surface area contributed by atoms with E-state index in [4.69, 9.17) is 4.74 Å². The second kappa shape index (κ2) is 6.44. The number of anilines is 2. The van der Waals surface area contributed by atoms with Gasteiger partial charge in [-0.3, -0.25) is 9.59 Å². The number of methoxy groups -OCH3 is 1. The van der Waals surface area contributed by atoms with Gasteiger partial charge in [0.2, 0.25) is 11.8 Å². The molecule has 0 saturated heterocycles. The van der Waals surface area contributed by atoms with E-state index in [1.165, 1.54) is 12.1 Å². The third-order valence-corrected chi connectivity index (χ3v) is 5.02. The number of hydrogen-bond donors (Lipinski definition) is 1. The van der Waals surface area contributed by atoms with E-state index >= 15 is 0 Å². The van der Waals surface area contributed by atoms with Gasteiger partial charge in [-0.15, -0.1) is 0 Å². The molecule has 2 aromatic rings. The number of hydrogen-bond acceptors (Lipinski definition) is 3. The SMILES string of the molecule is COc1ccc2c(c1)CCCN2C(=O)C1CC(=O)Nc2cc(F)ccc21. The number of carbonyl (C=O) groups excluding carboxylic acids is 2. The number of benzene rings is 2. The number of nitrogens with one attached hydrogen (secondary N) is 1. The summed E-state index contributed by atoms with van der Waals surface area (Å²) in [5.41, 5.74) is 2.96. The number of fused-ring (bicyclic) bond motifs is 2. The molecule has 0 aliphatic carbocycles. The van der Waals surface area contributed by atoms with Crippen LogP contribution in [0.5, 0.6) is 5.75 Å². The number of halogens is 1. The van der Waals surface area contributed by atoms with Gasteiger partial charge in [0.1, 0.15) is 11.6 Å². The predicted octanol–water partition coefficient (Wildman–Crippen LogP) is 3.24. The van der Waals surface area contributed by atoms with Crippen molar-refractivity contribution in [2.45, 2.75) is 25.2 Å². The molecule has 0 saturated carbocycles. The lowest BCUT2D eigenvalue weighted by molar-refractivity contribution is -0.124. The minimum Gasteiger partial charge on any atom is -0.497 e. The van der Waals surface area contributed by atoms with Gasteiger partial charge in [-0.2, -0.15) is 0 Å². The van der Waals surface area contributed by atoms with Crippen LogP contribution in [0, 0.1) is 5.82 Å². The molecule has 26 heavy (non-hydrogen) atoms. The van der Waals surface area contributed by atoms with Gasteiger partial charge in [-0.05, 0) is 54.3 Å². The van der Waals surface area contributed by atoms with Crippen molar-refractivity contribution in [2.24, 2.45) is 0 Å². The van der Waals surface area contributed by atoms with Gasteiger partial charge in [-0.25, -0.2) is 4.39 Å². The van der Waals surface area contributed by atoms with Gasteiger partial charge in [-0.1, -0.05) is 6.07 Å². The first kappa shape index (κ1) is 16.6. The van der Waals surface area contributed by atoms with E-state index in [0.29, 0.717) is 17.8 Å². The first-order valence-corrected chi connectivity index (χ1v) is 8.64. The molecule has 1 N–H and O–H groups in total. The molecule has 0 radical (unpaired) electrons. The van der Waals surface area contributed by atoms with E-state index in [9.17, 15) is 14.0 Å². The molecule has 2 amide bonds. The zero-order chi connectivity index (χ0) is 18.3. The minimum absolute atomic E-state index is 0.0689. The average Bonchev–Trinajstić information content (AvgIpc) is 2.65. The summed E-state index contributed by atoms with van der Waals surface area (Å²) in [5.74, 6) is -0.678. The number of ether oxygens (including phenoxy) is 1. The Morgan fingerprint density at radius 2 is 2.12 bits per heavy atom. The zero-order valence-electron chi connectivity index (χ0n) is 14.4. The molecule has 2 aliphatic heterocycles. The van der Waals surface area contributed by atoms with E-state index in [0.717, 1.165) is 29.8 Å². The zero-order valence-corrected chi connectivity index (χ0v) is 14.4. The molecule has 1 atom stereocenters. The fraction of sp³-hybridized carbons (Fsp3) is 0.300. The summed E-state index contributed by atoms with van der Waals surface area (Å²) in [7, 11) is 1.62. The van der Waals surface area contributed by atoms with Crippen molar-refractivity contribution in [1.29, 1.82) is 0 Å². The van der Waals surface area contributed by atoms with Gasteiger partial charge in [0.25, 0.3) is 0 Å². The fourth-order valence-corrected chi connectivity index (χ4v) is 3.78. The fourth-order valence-electron chi connectivity index (χ4n) is 3.78. The summed E-state index contributed by atoms with van der Waals surface area (Å²) in [6.45, 7) is 0.604. The smallest absolute Gasteiger partial charge is 0.235 e. The van der Waals surface area contributed by atoms with Gasteiger partial charge in [0.05, 0.1) is 13.0 Å². The molecule has 2 aromatic carbocycles. The number of amides is 2. The van der Waals surface area contributed by atoms with Crippen LogP contribution < -0.4 is 15.0 Å². The van der Waals surface area contributed by atoms with E-state index in [-0.39, 0.29) is 18.2 Å². The normalized spacial score (nSPS) is 18.6. The Labute approximate surface area is 150 Å². The molecule has 6 heteroatoms. The minimum atomic E-state index is -0.604. The predicted molar refractivity (Wildman–Crippen MR) is 96.1 cm³/mol. The maximum atomic E-state index is 13.5. The summed E-state index contributed by atoms with van der Waals surface area (Å²) in [4.78, 5) is 27.1. The second-order valence-electron chi connectivity index (χ2n) is 6.62. The summed E-state index contributed by atoms with van der Waals surface area (Å²) >= 11 is 0. The molecule has 0 spiro atoms. The van der Waals surface area contributed by atoms with Crippen LogP contribution >= 0.6 is 0 Å². The summed E-state index contributed by atoms with van der Waals surface area (Å²) in [6, 6.07) is 9.85. The van der Waals surface area contributed by atoms with Crippen LogP contribution in [0.3, 0.4) is 0 Å². The lowest BCUT2D eigenvalue weighted by Crippen LogP contribution is -2.41. The van der Waals surface area contributed by atoms with E-state index < -0.39 is 11.7 Å². The maximum absolute atomic E-state index is 13.5. The Morgan fingerprint density at radius 1 is 1.27 bits per heavy atom. The molecule has 0 aromatic heterocycles. The topological polar surface area (TPSA) is 58.6 Å². The Bertz CT molecular complexity index is 897. The number of carbonyl (C=O) groups is 2. The molecule has 0 bridgehead atoms. The first-order valence-electron chi connectivity index (χ1n) is 8.64. The standard InChI is InChI=1S/C20H19FN2O3/c1-26-14-5-7-18-12(9-14)3-2-8-23(18)20(25)16-11-19(24)22-17-10-13(21)4-6-15(16)17/h4-7,9-10,16H,2-3,8,11H2,1H3,(H,22,24). The van der Waals surface area contributed by atoms with Crippen molar-refractivity contribution < 1.29 is 18.7 Å². The molecule has 1 unspecified atom stereocenters. The molecule has 4 rings (SSSR count). The summed E-state index contributed by atoms with van der Waals surface area (Å²) < 4.78 is 18.8. The lowest BCUT2D eigenvalue weighted by atomic mass is 9.88. The Hall–Kier alpha value is -2.89. The third-order valence-electron chi connectivity index (χ3n) is 5.02. The molecule has 5 nitrogen and oxygen atoms in total. The molecule has 134 valence electrons. The Kier molecular flexibility index (Phi) is 4.11. The van der Waals surface area contributed by atoms with Crippen molar-refractivity contribution >= 4 is 23.2 Å². The molecule has 2 heterocycles. The number of aryl methyl sites for hydroxylation is 1. The van der Waals surface area contributed by atoms with Crippen LogP contribution in [0.2, 0.25) is 0 Å². The second-order valence-corrected chi connectivity index (χ2v) is 6.62. The van der Waals surface area contributed by atoms with Gasteiger partial charge in [0, 0.05) is 24.3 Å². The van der Waals surface area contributed by atoms with Crippen LogP contribution in [-0.2, 0) is 16.0 Å². The highest BCUT2D eigenvalue weighted by atomic mass is 19.1. The van der Waals surface area contributed by atoms with Crippen LogP contribution in [0.4, 0.5) is 15.8 Å². The van der Waals surface area contributed by atoms with Crippen LogP contribution in [0.1, 0.15) is 29.9 Å². The largest absolute Gasteiger partial charge is 0.497 e. The monoisotopic (exact) mass is 354 g/mol. The number of rotatable bonds is 2. The van der Waals surface area contributed by atoms with Crippen LogP contribution in [0.25, 0.3) is 0 Å². The molecule has 0 fully saturated rings. The van der Waals surface area contributed by atoms with Crippen molar-refractivity contribution in [3.8, 4) is 5.75 Å². The summed E-state index contributed by atoms with van der Waals surface area (Å²) in [5, 5.41) is 2.66. The quantitative estimate of drug-likeness (QED) is 0.901. The van der Waals surface area contributed by atoms with Crippen molar-refractivity contribution in [1.82, 2.24) is 0 Å². The highest BCUT2D eigenvalue weighted by Gasteiger charge is 2.35. The Balaban J connectivity index is 1.71. The molecule has 2 aliphatic rings. The van der Waals surface area contributed by atoms with E-state index in [2.05, 4.69) is 5.32 Å². The average molecular weight is 354 g/mol. The van der Waals surface area contributed by atoms with Crippen molar-refractivity contribution in [2.75, 3.05) is 23.9 Å². The van der Waals surface area contributed by atoms with Gasteiger partial charge >= 0.3 is 0 Å². The number of nitrogens with zero attached hydrogens (tertiary/aromatic N) is 1. The first-order chi connectivity index (χ1) is 12.6. The molecular weight excluding hydrogens is 335 g/mol. The van der Waals surface area contributed by atoms with E-state index in [1.807, 2.05) is 18.2 Å². The summed E-state index contributed by atoms with van der Waals surface area (Å²) in [6.07, 6.45) is 1.80. The van der Waals surface area contributed by atoms with Crippen molar-refractivity contribution in [3.63, 3.8) is 0 Å². The highest BCUT2D eigenvalue weighted by Crippen LogP contribution is 2.37. The van der Waals surface area contributed by atoms with Crippen molar-refractivity contribution in [3.05, 3.63) is 53.3 Å². The van der Waals surface area contributed by atoms with E-state index in [1.54, 1.807) is 18.1 Å².